The van der Waals surface area contributed by atoms with E-state index in [0.717, 1.165) is 10.4 Å². The van der Waals surface area contributed by atoms with Crippen molar-refractivity contribution < 1.29 is 0 Å². The van der Waals surface area contributed by atoms with Crippen molar-refractivity contribution >= 4 is 16.9 Å². The summed E-state index contributed by atoms with van der Waals surface area (Å²) in [6, 6.07) is 0.536. The average molecular weight is 226 g/mol. The van der Waals surface area contributed by atoms with Crippen LogP contribution in [-0.2, 0) is 0 Å². The van der Waals surface area contributed by atoms with Crippen LogP contribution in [0, 0.1) is 0 Å². The predicted molar refractivity (Wildman–Crippen MR) is 68.3 cm³/mol. The van der Waals surface area contributed by atoms with E-state index in [9.17, 15) is 0 Å². The van der Waals surface area contributed by atoms with E-state index >= 15 is 0 Å². The molecule has 0 radical (unpaired) electrons. The molecule has 86 valence electrons. The summed E-state index contributed by atoms with van der Waals surface area (Å²) in [5, 5.41) is 1.60. The Kier molecular flexibility index (Phi) is 4.36. The Labute approximate surface area is 97.1 Å². The van der Waals surface area contributed by atoms with Crippen molar-refractivity contribution in [2.75, 3.05) is 0 Å². The summed E-state index contributed by atoms with van der Waals surface area (Å²) >= 11 is 1.81. The Morgan fingerprint density at radius 1 is 1.00 bits per heavy atom. The lowest BCUT2D eigenvalue weighted by atomic mass is 10.0. The van der Waals surface area contributed by atoms with Crippen molar-refractivity contribution in [2.45, 2.75) is 69.1 Å². The number of rotatable bonds is 0. The summed E-state index contributed by atoms with van der Waals surface area (Å²) in [5.41, 5.74) is 5.89. The van der Waals surface area contributed by atoms with E-state index in [-0.39, 0.29) is 0 Å². The average Bonchev–Trinajstić information content (AvgIpc) is 2.23. The normalized spacial score (nSPS) is 34.0. The van der Waals surface area contributed by atoms with Gasteiger partial charge in [-0.2, -0.15) is 0 Å². The quantitative estimate of drug-likeness (QED) is 0.688. The number of nitrogens with two attached hydrogens (primary N) is 1. The third-order valence-electron chi connectivity index (χ3n) is 3.45. The largest absolute Gasteiger partial charge is 0.379 e. The van der Waals surface area contributed by atoms with Crippen LogP contribution in [0.5, 0.6) is 0 Å². The molecule has 0 amide bonds. The summed E-state index contributed by atoms with van der Waals surface area (Å²) in [5.74, 6) is 0. The molecule has 1 aliphatic carbocycles. The SMILES string of the molecule is NC1=NC2CCCCCCCC[C@@H](C2)S1. The maximum Gasteiger partial charge on any atom is 0.154 e. The molecule has 1 aliphatic heterocycles. The van der Waals surface area contributed by atoms with Crippen LogP contribution in [0.25, 0.3) is 0 Å². The molecule has 2 rings (SSSR count). The molecule has 0 aromatic rings. The smallest absolute Gasteiger partial charge is 0.154 e. The molecule has 3 heteroatoms. The van der Waals surface area contributed by atoms with Crippen molar-refractivity contribution in [1.82, 2.24) is 0 Å². The molecule has 0 aromatic heterocycles. The number of nitrogens with zero attached hydrogens (tertiary/aromatic N) is 1. The summed E-state index contributed by atoms with van der Waals surface area (Å²) in [6.07, 6.45) is 12.3. The Balaban J connectivity index is 1.94. The highest BCUT2D eigenvalue weighted by Gasteiger charge is 2.22. The Morgan fingerprint density at radius 2 is 1.67 bits per heavy atom. The van der Waals surface area contributed by atoms with Crippen LogP contribution in [0.4, 0.5) is 0 Å². The molecule has 1 heterocycles. The van der Waals surface area contributed by atoms with Gasteiger partial charge in [-0.3, -0.25) is 4.99 Å². The monoisotopic (exact) mass is 226 g/mol. The third kappa shape index (κ3) is 3.71. The lowest BCUT2D eigenvalue weighted by molar-refractivity contribution is 0.516. The van der Waals surface area contributed by atoms with Crippen molar-refractivity contribution in [3.8, 4) is 0 Å². The minimum atomic E-state index is 0.536. The van der Waals surface area contributed by atoms with Crippen LogP contribution >= 0.6 is 11.8 Å². The van der Waals surface area contributed by atoms with Gasteiger partial charge < -0.3 is 5.73 Å². The Bertz CT molecular complexity index is 228. The fourth-order valence-corrected chi connectivity index (χ4v) is 3.76. The summed E-state index contributed by atoms with van der Waals surface area (Å²) in [4.78, 5) is 4.56. The molecule has 2 aliphatic rings. The van der Waals surface area contributed by atoms with Gasteiger partial charge in [0.15, 0.2) is 5.17 Å². The summed E-state index contributed by atoms with van der Waals surface area (Å²) in [6.45, 7) is 0. The van der Waals surface area contributed by atoms with Crippen molar-refractivity contribution in [2.24, 2.45) is 10.7 Å². The first-order valence-corrected chi connectivity index (χ1v) is 7.22. The third-order valence-corrected chi connectivity index (χ3v) is 4.55. The molecule has 2 nitrogen and oxygen atoms in total. The lowest BCUT2D eigenvalue weighted by Gasteiger charge is -2.25. The van der Waals surface area contributed by atoms with Gasteiger partial charge in [-0.25, -0.2) is 0 Å². The maximum atomic E-state index is 5.89. The van der Waals surface area contributed by atoms with Crippen LogP contribution in [0.15, 0.2) is 4.99 Å². The molecule has 15 heavy (non-hydrogen) atoms. The van der Waals surface area contributed by atoms with E-state index in [4.69, 9.17) is 5.73 Å². The summed E-state index contributed by atoms with van der Waals surface area (Å²) in [7, 11) is 0. The van der Waals surface area contributed by atoms with Crippen molar-refractivity contribution in [3.63, 3.8) is 0 Å². The molecule has 0 saturated heterocycles. The van der Waals surface area contributed by atoms with E-state index in [2.05, 4.69) is 4.99 Å². The molecule has 2 atom stereocenters. The second-order valence-corrected chi connectivity index (χ2v) is 6.12. The number of hydrogen-bond acceptors (Lipinski definition) is 3. The van der Waals surface area contributed by atoms with E-state index in [1.54, 1.807) is 0 Å². The minimum absolute atomic E-state index is 0.536. The molecule has 2 N–H and O–H groups in total. The molecule has 2 bridgehead atoms. The molecule has 1 unspecified atom stereocenters. The highest BCUT2D eigenvalue weighted by atomic mass is 32.2. The van der Waals surface area contributed by atoms with Gasteiger partial charge in [0.25, 0.3) is 0 Å². The van der Waals surface area contributed by atoms with Gasteiger partial charge in [0.05, 0.1) is 6.04 Å². The molecule has 0 aromatic carbocycles. The Hall–Kier alpha value is -0.180. The predicted octanol–water partition coefficient (Wildman–Crippen LogP) is 3.31. The number of hydrogen-bond donors (Lipinski definition) is 1. The first-order valence-electron chi connectivity index (χ1n) is 6.34. The molecule has 1 saturated carbocycles. The van der Waals surface area contributed by atoms with E-state index < -0.39 is 0 Å². The lowest BCUT2D eigenvalue weighted by Crippen LogP contribution is -2.26. The fraction of sp³-hybridized carbons (Fsp3) is 0.917. The first-order chi connectivity index (χ1) is 7.34. The van der Waals surface area contributed by atoms with Gasteiger partial charge in [-0.15, -0.1) is 0 Å². The summed E-state index contributed by atoms with van der Waals surface area (Å²) < 4.78 is 0. The minimum Gasteiger partial charge on any atom is -0.379 e. The molecular weight excluding hydrogens is 204 g/mol. The van der Waals surface area contributed by atoms with Crippen LogP contribution in [0.2, 0.25) is 0 Å². The highest BCUT2D eigenvalue weighted by molar-refractivity contribution is 8.14. The van der Waals surface area contributed by atoms with E-state index in [1.807, 2.05) is 11.8 Å². The topological polar surface area (TPSA) is 38.4 Å². The zero-order valence-electron chi connectivity index (χ0n) is 9.45. The highest BCUT2D eigenvalue weighted by Crippen LogP contribution is 2.31. The van der Waals surface area contributed by atoms with E-state index in [0.29, 0.717) is 6.04 Å². The fourth-order valence-electron chi connectivity index (χ4n) is 2.60. The van der Waals surface area contributed by atoms with E-state index in [1.165, 1.54) is 57.8 Å². The van der Waals surface area contributed by atoms with Gasteiger partial charge in [-0.1, -0.05) is 50.3 Å². The molecule has 0 spiro atoms. The zero-order valence-corrected chi connectivity index (χ0v) is 10.3. The van der Waals surface area contributed by atoms with Crippen molar-refractivity contribution in [1.29, 1.82) is 0 Å². The van der Waals surface area contributed by atoms with Gasteiger partial charge in [-0.05, 0) is 19.3 Å². The van der Waals surface area contributed by atoms with Gasteiger partial charge in [0, 0.05) is 5.25 Å². The molecular formula is C12H22N2S. The first kappa shape index (κ1) is 11.3. The number of thioether (sulfide) groups is 1. The number of aliphatic imine (C=N–C) groups is 1. The van der Waals surface area contributed by atoms with Gasteiger partial charge >= 0.3 is 0 Å². The number of amidine groups is 1. The van der Waals surface area contributed by atoms with Crippen molar-refractivity contribution in [3.05, 3.63) is 0 Å². The second kappa shape index (κ2) is 5.78. The maximum absolute atomic E-state index is 5.89. The zero-order chi connectivity index (χ0) is 10.5. The molecule has 1 fully saturated rings. The Morgan fingerprint density at radius 3 is 2.47 bits per heavy atom. The standard InChI is InChI=1S/C12H22N2S/c13-12-14-10-7-5-3-1-2-4-6-8-11(9-10)15-12/h10-11H,1-9H2,(H2,13,14)/t10?,11-/m0/s1. The van der Waals surface area contributed by atoms with Crippen LogP contribution in [0.3, 0.4) is 0 Å². The van der Waals surface area contributed by atoms with Gasteiger partial charge in [0.2, 0.25) is 0 Å². The van der Waals surface area contributed by atoms with Gasteiger partial charge in [0.1, 0.15) is 0 Å². The second-order valence-electron chi connectivity index (χ2n) is 4.80. The number of fused-ring (bicyclic) bond motifs is 2. The van der Waals surface area contributed by atoms with Crippen LogP contribution in [0.1, 0.15) is 57.8 Å². The van der Waals surface area contributed by atoms with Crippen LogP contribution < -0.4 is 5.73 Å². The van der Waals surface area contributed by atoms with Crippen LogP contribution in [-0.4, -0.2) is 16.5 Å².